The Hall–Kier alpha value is -1.55. The highest BCUT2D eigenvalue weighted by molar-refractivity contribution is 7.19. The van der Waals surface area contributed by atoms with Crippen LogP contribution < -0.4 is 4.74 Å². The Bertz CT molecular complexity index is 875. The largest absolute Gasteiger partial charge is 0.461 e. The van der Waals surface area contributed by atoms with Crippen LogP contribution in [0.1, 0.15) is 9.75 Å². The number of aliphatic hydroxyl groups excluding tert-OH is 3. The van der Waals surface area contributed by atoms with E-state index in [1.54, 1.807) is 17.4 Å². The molecular weight excluding hydrogens is 391 g/mol. The van der Waals surface area contributed by atoms with Gasteiger partial charge in [0.05, 0.1) is 11.5 Å². The second-order valence-corrected chi connectivity index (χ2v) is 8.57. The van der Waals surface area contributed by atoms with Crippen molar-refractivity contribution in [3.05, 3.63) is 51.5 Å². The van der Waals surface area contributed by atoms with Gasteiger partial charge < -0.3 is 24.8 Å². The second-order valence-electron chi connectivity index (χ2n) is 6.40. The van der Waals surface area contributed by atoms with E-state index in [4.69, 9.17) is 9.47 Å². The van der Waals surface area contributed by atoms with Crippen molar-refractivity contribution in [2.24, 2.45) is 0 Å². The van der Waals surface area contributed by atoms with Gasteiger partial charge in [0.25, 0.3) is 0 Å². The summed E-state index contributed by atoms with van der Waals surface area (Å²) in [5, 5.41) is 32.0. The van der Waals surface area contributed by atoms with Crippen LogP contribution in [0.25, 0.3) is 10.1 Å². The van der Waals surface area contributed by atoms with E-state index in [1.807, 2.05) is 17.5 Å². The van der Waals surface area contributed by atoms with Gasteiger partial charge in [-0.1, -0.05) is 18.2 Å². The maximum atomic E-state index is 14.1. The highest BCUT2D eigenvalue weighted by Gasteiger charge is 2.46. The van der Waals surface area contributed by atoms with Gasteiger partial charge in [-0.05, 0) is 29.0 Å². The summed E-state index contributed by atoms with van der Waals surface area (Å²) in [6.07, 6.45) is -6.97. The topological polar surface area (TPSA) is 79.2 Å². The Balaban J connectivity index is 1.51. The van der Waals surface area contributed by atoms with Gasteiger partial charge in [-0.15, -0.1) is 22.7 Å². The van der Waals surface area contributed by atoms with E-state index in [0.717, 1.165) is 4.88 Å². The summed E-state index contributed by atoms with van der Waals surface area (Å²) < 4.78 is 26.4. The minimum atomic E-state index is -1.95. The van der Waals surface area contributed by atoms with E-state index in [9.17, 15) is 19.7 Å². The normalized spacial score (nSPS) is 28.5. The Kier molecular flexibility index (Phi) is 5.45. The van der Waals surface area contributed by atoms with Crippen LogP contribution in [0.15, 0.2) is 41.8 Å². The molecule has 3 heterocycles. The van der Waals surface area contributed by atoms with Crippen LogP contribution >= 0.6 is 22.7 Å². The van der Waals surface area contributed by atoms with Crippen molar-refractivity contribution in [2.75, 3.05) is 6.61 Å². The van der Waals surface area contributed by atoms with Crippen molar-refractivity contribution < 1.29 is 29.2 Å². The first kappa shape index (κ1) is 18.8. The molecule has 1 fully saturated rings. The summed E-state index contributed by atoms with van der Waals surface area (Å²) in [5.74, 6) is 0.502. The molecule has 5 atom stereocenters. The van der Waals surface area contributed by atoms with Crippen LogP contribution in [0.5, 0.6) is 5.75 Å². The van der Waals surface area contributed by atoms with E-state index < -0.39 is 37.4 Å². The molecule has 1 aliphatic rings. The summed E-state index contributed by atoms with van der Waals surface area (Å²) >= 11 is 3.20. The summed E-state index contributed by atoms with van der Waals surface area (Å²) in [4.78, 5) is 2.10. The average molecular weight is 410 g/mol. The molecule has 0 amide bonds. The number of alkyl halides is 1. The fraction of sp³-hybridized carbons (Fsp3) is 0.368. The zero-order chi connectivity index (χ0) is 19.0. The molecular formula is C19H19FO5S2. The second kappa shape index (κ2) is 7.83. The molecule has 4 rings (SSSR count). The summed E-state index contributed by atoms with van der Waals surface area (Å²) in [5.41, 5.74) is 0. The Morgan fingerprint density at radius 2 is 1.96 bits per heavy atom. The molecule has 3 aromatic rings. The predicted molar refractivity (Wildman–Crippen MR) is 102 cm³/mol. The Morgan fingerprint density at radius 3 is 2.74 bits per heavy atom. The summed E-state index contributed by atoms with van der Waals surface area (Å²) in [6, 6.07) is 12.0. The smallest absolute Gasteiger partial charge is 0.229 e. The number of benzene rings is 1. The third kappa shape index (κ3) is 3.73. The number of fused-ring (bicyclic) bond motifs is 1. The van der Waals surface area contributed by atoms with Crippen LogP contribution in [0.2, 0.25) is 0 Å². The molecule has 5 unspecified atom stereocenters. The lowest BCUT2D eigenvalue weighted by Crippen LogP contribution is -2.58. The van der Waals surface area contributed by atoms with Crippen LogP contribution in [-0.4, -0.2) is 52.7 Å². The molecule has 5 nitrogen and oxygen atoms in total. The van der Waals surface area contributed by atoms with Crippen molar-refractivity contribution in [3.8, 4) is 5.75 Å². The van der Waals surface area contributed by atoms with Crippen molar-refractivity contribution in [1.82, 2.24) is 0 Å². The highest BCUT2D eigenvalue weighted by atomic mass is 32.1. The number of aliphatic hydroxyl groups is 3. The fourth-order valence-electron chi connectivity index (χ4n) is 3.11. The van der Waals surface area contributed by atoms with E-state index >= 15 is 0 Å². The zero-order valence-corrected chi connectivity index (χ0v) is 15.8. The van der Waals surface area contributed by atoms with Crippen molar-refractivity contribution in [3.63, 3.8) is 0 Å². The first-order valence-corrected chi connectivity index (χ1v) is 10.2. The van der Waals surface area contributed by atoms with Gasteiger partial charge in [0.2, 0.25) is 6.29 Å². The molecule has 1 saturated heterocycles. The van der Waals surface area contributed by atoms with Crippen LogP contribution in [0, 0.1) is 0 Å². The fourth-order valence-corrected chi connectivity index (χ4v) is 5.10. The number of hydrogen-bond acceptors (Lipinski definition) is 7. The van der Waals surface area contributed by atoms with Crippen molar-refractivity contribution >= 4 is 32.8 Å². The molecule has 0 saturated carbocycles. The Labute approximate surface area is 163 Å². The number of halogens is 1. The quantitative estimate of drug-likeness (QED) is 0.603. The molecule has 27 heavy (non-hydrogen) atoms. The minimum Gasteiger partial charge on any atom is -0.461 e. The molecule has 8 heteroatoms. The lowest BCUT2D eigenvalue weighted by atomic mass is 10.0. The number of thiophene rings is 2. The van der Waals surface area contributed by atoms with Gasteiger partial charge in [0.1, 0.15) is 24.1 Å². The summed E-state index contributed by atoms with van der Waals surface area (Å²) in [7, 11) is 0. The van der Waals surface area contributed by atoms with Crippen molar-refractivity contribution in [1.29, 1.82) is 0 Å². The third-order valence-corrected chi connectivity index (χ3v) is 6.58. The number of ether oxygens (including phenoxy) is 2. The van der Waals surface area contributed by atoms with Crippen molar-refractivity contribution in [2.45, 2.75) is 37.2 Å². The van der Waals surface area contributed by atoms with Gasteiger partial charge in [0, 0.05) is 16.0 Å². The maximum absolute atomic E-state index is 14.1. The number of rotatable bonds is 5. The molecule has 2 aromatic heterocycles. The lowest BCUT2D eigenvalue weighted by Gasteiger charge is -2.38. The van der Waals surface area contributed by atoms with Crippen LogP contribution in [0.4, 0.5) is 4.39 Å². The average Bonchev–Trinajstić information content (AvgIpc) is 3.28. The predicted octanol–water partition coefficient (Wildman–Crippen LogP) is 2.71. The van der Waals surface area contributed by atoms with Gasteiger partial charge in [-0.2, -0.15) is 0 Å². The van der Waals surface area contributed by atoms with E-state index in [2.05, 4.69) is 18.2 Å². The molecule has 1 aromatic carbocycles. The molecule has 144 valence electrons. The zero-order valence-electron chi connectivity index (χ0n) is 14.2. The first-order valence-electron chi connectivity index (χ1n) is 8.54. The standard InChI is InChI=1S/C19H19FO5S2/c20-16-17(22)13(9-21)25-19(18(16)23)24-12-5-6-26-15(12)8-11-7-10-3-1-2-4-14(10)27-11/h1-7,13,16-19,21-23H,8-9H2. The first-order chi connectivity index (χ1) is 13.1. The maximum Gasteiger partial charge on any atom is 0.229 e. The van der Waals surface area contributed by atoms with Crippen LogP contribution in [-0.2, 0) is 11.2 Å². The molecule has 3 N–H and O–H groups in total. The molecule has 0 bridgehead atoms. The monoisotopic (exact) mass is 410 g/mol. The molecule has 1 aliphatic heterocycles. The SMILES string of the molecule is OCC1OC(Oc2ccsc2Cc2cc3ccccc3s2)C(O)C(F)C1O. The van der Waals surface area contributed by atoms with E-state index in [1.165, 1.54) is 26.3 Å². The molecule has 0 radical (unpaired) electrons. The van der Waals surface area contributed by atoms with Gasteiger partial charge in [-0.3, -0.25) is 0 Å². The number of hydrogen-bond donors (Lipinski definition) is 3. The van der Waals surface area contributed by atoms with Gasteiger partial charge in [-0.25, -0.2) is 4.39 Å². The third-order valence-electron chi connectivity index (χ3n) is 4.56. The minimum absolute atomic E-state index is 0.502. The van der Waals surface area contributed by atoms with Crippen LogP contribution in [0.3, 0.4) is 0 Å². The van der Waals surface area contributed by atoms with Gasteiger partial charge in [0.15, 0.2) is 6.17 Å². The molecule has 0 spiro atoms. The van der Waals surface area contributed by atoms with E-state index in [-0.39, 0.29) is 0 Å². The highest BCUT2D eigenvalue weighted by Crippen LogP contribution is 2.34. The van der Waals surface area contributed by atoms with Gasteiger partial charge >= 0.3 is 0 Å². The lowest BCUT2D eigenvalue weighted by molar-refractivity contribution is -0.265. The molecule has 0 aliphatic carbocycles. The van der Waals surface area contributed by atoms with E-state index in [0.29, 0.717) is 12.2 Å². The summed E-state index contributed by atoms with van der Waals surface area (Å²) in [6.45, 7) is -0.563. The Morgan fingerprint density at radius 1 is 1.15 bits per heavy atom.